The third kappa shape index (κ3) is 3.26. The Morgan fingerprint density at radius 3 is 2.63 bits per heavy atom. The van der Waals surface area contributed by atoms with Gasteiger partial charge in [-0.3, -0.25) is 9.69 Å². The van der Waals surface area contributed by atoms with Crippen molar-refractivity contribution in [1.82, 2.24) is 15.1 Å². The molecule has 1 aliphatic carbocycles. The summed E-state index contributed by atoms with van der Waals surface area (Å²) in [5.74, 6) is 0.185. The van der Waals surface area contributed by atoms with Crippen LogP contribution in [-0.2, 0) is 11.2 Å². The Balaban J connectivity index is 1.42. The second-order valence-corrected chi connectivity index (χ2v) is 10.0. The molecule has 1 N–H and O–H groups in total. The zero-order chi connectivity index (χ0) is 20.7. The van der Waals surface area contributed by atoms with Crippen molar-refractivity contribution in [3.8, 4) is 0 Å². The average molecular weight is 424 g/mol. The molecule has 1 aromatic carbocycles. The lowest BCUT2D eigenvalue weighted by atomic mass is 9.75. The first-order valence-corrected chi connectivity index (χ1v) is 12.0. The molecule has 0 spiro atoms. The SMILES string of the molecule is C[C@]1(C2CCCCC2)NC(=O)N(CN2CCc3sccc3[C@H]2c2ccccc2)C1=O. The number of nitrogens with zero attached hydrogens (tertiary/aromatic N) is 2. The summed E-state index contributed by atoms with van der Waals surface area (Å²) in [5, 5.41) is 5.22. The Morgan fingerprint density at radius 1 is 1.10 bits per heavy atom. The number of amides is 3. The fourth-order valence-electron chi connectivity index (χ4n) is 5.53. The molecule has 3 aliphatic rings. The quantitative estimate of drug-likeness (QED) is 0.735. The Labute approximate surface area is 182 Å². The lowest BCUT2D eigenvalue weighted by Gasteiger charge is -2.38. The predicted octanol–water partition coefficient (Wildman–Crippen LogP) is 4.54. The molecule has 0 unspecified atom stereocenters. The number of urea groups is 1. The van der Waals surface area contributed by atoms with Crippen LogP contribution < -0.4 is 5.32 Å². The minimum atomic E-state index is -0.761. The molecule has 5 nitrogen and oxygen atoms in total. The van der Waals surface area contributed by atoms with Crippen molar-refractivity contribution < 1.29 is 9.59 Å². The summed E-state index contributed by atoms with van der Waals surface area (Å²) < 4.78 is 0. The number of hydrogen-bond donors (Lipinski definition) is 1. The van der Waals surface area contributed by atoms with Crippen LogP contribution in [0.25, 0.3) is 0 Å². The highest BCUT2D eigenvalue weighted by Gasteiger charge is 2.53. The minimum absolute atomic E-state index is 0.0534. The summed E-state index contributed by atoms with van der Waals surface area (Å²) in [6.07, 6.45) is 6.52. The molecule has 30 heavy (non-hydrogen) atoms. The molecule has 2 aromatic rings. The monoisotopic (exact) mass is 423 g/mol. The molecule has 1 aromatic heterocycles. The van der Waals surface area contributed by atoms with Gasteiger partial charge < -0.3 is 5.32 Å². The summed E-state index contributed by atoms with van der Waals surface area (Å²) in [6, 6.07) is 12.5. The number of rotatable bonds is 4. The fraction of sp³-hybridized carbons (Fsp3) is 0.500. The maximum absolute atomic E-state index is 13.5. The molecule has 1 saturated heterocycles. The van der Waals surface area contributed by atoms with Crippen LogP contribution in [-0.4, -0.2) is 40.5 Å². The lowest BCUT2D eigenvalue weighted by Crippen LogP contribution is -2.52. The molecule has 0 bridgehead atoms. The van der Waals surface area contributed by atoms with Crippen LogP contribution in [0.4, 0.5) is 4.79 Å². The molecule has 158 valence electrons. The van der Waals surface area contributed by atoms with Crippen molar-refractivity contribution in [1.29, 1.82) is 0 Å². The van der Waals surface area contributed by atoms with Crippen molar-refractivity contribution in [2.75, 3.05) is 13.2 Å². The van der Waals surface area contributed by atoms with Gasteiger partial charge in [-0.05, 0) is 54.7 Å². The zero-order valence-corrected chi connectivity index (χ0v) is 18.3. The third-order valence-corrected chi connectivity index (χ3v) is 8.22. The van der Waals surface area contributed by atoms with E-state index >= 15 is 0 Å². The molecule has 6 heteroatoms. The lowest BCUT2D eigenvalue weighted by molar-refractivity contribution is -0.134. The Bertz CT molecular complexity index is 937. The number of hydrogen-bond acceptors (Lipinski definition) is 4. The van der Waals surface area contributed by atoms with E-state index in [-0.39, 0.29) is 23.9 Å². The van der Waals surface area contributed by atoms with Gasteiger partial charge in [-0.15, -0.1) is 11.3 Å². The van der Waals surface area contributed by atoms with Crippen molar-refractivity contribution >= 4 is 23.3 Å². The summed E-state index contributed by atoms with van der Waals surface area (Å²) in [7, 11) is 0. The summed E-state index contributed by atoms with van der Waals surface area (Å²) in [5.41, 5.74) is 1.75. The van der Waals surface area contributed by atoms with E-state index in [1.54, 1.807) is 11.3 Å². The van der Waals surface area contributed by atoms with Crippen molar-refractivity contribution in [2.45, 2.75) is 57.0 Å². The standard InChI is InChI=1S/C24H29N3O2S/c1-24(18-10-6-3-7-11-18)22(28)27(23(29)25-24)16-26-14-12-20-19(13-15-30-20)21(26)17-8-4-2-5-9-17/h2,4-5,8-9,13,15,18,21H,3,6-7,10-12,14,16H2,1H3,(H,25,29)/t21-,24-/m1/s1. The van der Waals surface area contributed by atoms with E-state index in [2.05, 4.69) is 45.9 Å². The van der Waals surface area contributed by atoms with Crippen LogP contribution >= 0.6 is 11.3 Å². The Morgan fingerprint density at radius 2 is 1.87 bits per heavy atom. The normalized spacial score (nSPS) is 27.9. The highest BCUT2D eigenvalue weighted by Crippen LogP contribution is 2.40. The van der Waals surface area contributed by atoms with E-state index in [1.807, 2.05) is 13.0 Å². The fourth-order valence-corrected chi connectivity index (χ4v) is 6.43. The summed E-state index contributed by atoms with van der Waals surface area (Å²) >= 11 is 1.80. The van der Waals surface area contributed by atoms with Crippen LogP contribution in [0.5, 0.6) is 0 Å². The van der Waals surface area contributed by atoms with Gasteiger partial charge >= 0.3 is 6.03 Å². The first-order chi connectivity index (χ1) is 14.6. The molecular formula is C24H29N3O2S. The molecule has 2 fully saturated rings. The topological polar surface area (TPSA) is 52.7 Å². The second kappa shape index (κ2) is 7.82. The van der Waals surface area contributed by atoms with Crippen LogP contribution in [0.1, 0.15) is 61.1 Å². The number of nitrogens with one attached hydrogen (secondary N) is 1. The predicted molar refractivity (Wildman–Crippen MR) is 118 cm³/mol. The number of benzene rings is 1. The van der Waals surface area contributed by atoms with E-state index in [0.29, 0.717) is 6.67 Å². The van der Waals surface area contributed by atoms with Crippen LogP contribution in [0.15, 0.2) is 41.8 Å². The number of carbonyl (C=O) groups excluding carboxylic acids is 2. The molecule has 1 saturated carbocycles. The second-order valence-electron chi connectivity index (χ2n) is 9.02. The molecule has 3 heterocycles. The van der Waals surface area contributed by atoms with E-state index < -0.39 is 5.54 Å². The minimum Gasteiger partial charge on any atom is -0.323 e. The number of carbonyl (C=O) groups is 2. The van der Waals surface area contributed by atoms with Crippen LogP contribution in [0, 0.1) is 5.92 Å². The molecule has 2 atom stereocenters. The molecule has 3 amide bonds. The maximum atomic E-state index is 13.5. The Kier molecular flexibility index (Phi) is 5.15. The van der Waals surface area contributed by atoms with Crippen LogP contribution in [0.3, 0.4) is 0 Å². The van der Waals surface area contributed by atoms with Gasteiger partial charge in [0.05, 0.1) is 12.7 Å². The summed E-state index contributed by atoms with van der Waals surface area (Å²) in [6.45, 7) is 3.11. The molecular weight excluding hydrogens is 394 g/mol. The molecule has 0 radical (unpaired) electrons. The first kappa shape index (κ1) is 19.8. The summed E-state index contributed by atoms with van der Waals surface area (Å²) in [4.78, 5) is 31.5. The van der Waals surface area contributed by atoms with E-state index in [9.17, 15) is 9.59 Å². The maximum Gasteiger partial charge on any atom is 0.326 e. The number of fused-ring (bicyclic) bond motifs is 1. The largest absolute Gasteiger partial charge is 0.326 e. The highest BCUT2D eigenvalue weighted by molar-refractivity contribution is 7.10. The van der Waals surface area contributed by atoms with Gasteiger partial charge in [0.15, 0.2) is 0 Å². The molecule has 2 aliphatic heterocycles. The number of imide groups is 1. The van der Waals surface area contributed by atoms with Gasteiger partial charge in [0.25, 0.3) is 5.91 Å². The van der Waals surface area contributed by atoms with Gasteiger partial charge in [0, 0.05) is 11.4 Å². The Hall–Kier alpha value is -2.18. The smallest absolute Gasteiger partial charge is 0.323 e. The van der Waals surface area contributed by atoms with Gasteiger partial charge in [-0.25, -0.2) is 9.69 Å². The van der Waals surface area contributed by atoms with Crippen molar-refractivity contribution in [3.05, 3.63) is 57.8 Å². The van der Waals surface area contributed by atoms with Gasteiger partial charge in [0.2, 0.25) is 0 Å². The third-order valence-electron chi connectivity index (χ3n) is 7.23. The van der Waals surface area contributed by atoms with Gasteiger partial charge in [-0.2, -0.15) is 0 Å². The van der Waals surface area contributed by atoms with Gasteiger partial charge in [0.1, 0.15) is 5.54 Å². The van der Waals surface area contributed by atoms with Gasteiger partial charge in [-0.1, -0.05) is 49.6 Å². The zero-order valence-electron chi connectivity index (χ0n) is 17.5. The first-order valence-electron chi connectivity index (χ1n) is 11.1. The van der Waals surface area contributed by atoms with E-state index in [0.717, 1.165) is 38.6 Å². The highest BCUT2D eigenvalue weighted by atomic mass is 32.1. The van der Waals surface area contributed by atoms with E-state index in [1.165, 1.54) is 27.3 Å². The number of thiophene rings is 1. The van der Waals surface area contributed by atoms with E-state index in [4.69, 9.17) is 0 Å². The average Bonchev–Trinajstić information content (AvgIpc) is 3.34. The van der Waals surface area contributed by atoms with Crippen molar-refractivity contribution in [2.24, 2.45) is 5.92 Å². The molecule has 5 rings (SSSR count). The van der Waals surface area contributed by atoms with Crippen molar-refractivity contribution in [3.63, 3.8) is 0 Å². The van der Waals surface area contributed by atoms with Crippen LogP contribution in [0.2, 0.25) is 0 Å².